The quantitative estimate of drug-likeness (QED) is 0.767. The summed E-state index contributed by atoms with van der Waals surface area (Å²) in [5.41, 5.74) is 2.21. The SMILES string of the molecule is CC(=N[C@@H](C)c1ccccc1)[C@H]1COC(C)(C)O1. The first-order valence-corrected chi connectivity index (χ1v) is 6.39. The molecule has 1 fully saturated rings. The van der Waals surface area contributed by atoms with Crippen LogP contribution in [0.5, 0.6) is 0 Å². The van der Waals surface area contributed by atoms with Gasteiger partial charge in [0.2, 0.25) is 0 Å². The van der Waals surface area contributed by atoms with E-state index in [1.807, 2.05) is 39.0 Å². The van der Waals surface area contributed by atoms with Crippen molar-refractivity contribution in [3.05, 3.63) is 35.9 Å². The number of hydrogen-bond acceptors (Lipinski definition) is 3. The smallest absolute Gasteiger partial charge is 0.163 e. The molecule has 2 rings (SSSR count). The molecule has 0 saturated carbocycles. The van der Waals surface area contributed by atoms with Gasteiger partial charge < -0.3 is 9.47 Å². The zero-order valence-electron chi connectivity index (χ0n) is 11.5. The van der Waals surface area contributed by atoms with Gasteiger partial charge in [-0.3, -0.25) is 4.99 Å². The number of aliphatic imine (C=N–C) groups is 1. The predicted octanol–water partition coefficient (Wildman–Crippen LogP) is 3.36. The van der Waals surface area contributed by atoms with Crippen molar-refractivity contribution >= 4 is 5.71 Å². The first-order valence-electron chi connectivity index (χ1n) is 6.39. The number of rotatable bonds is 3. The van der Waals surface area contributed by atoms with E-state index in [1.165, 1.54) is 5.56 Å². The second-order valence-corrected chi connectivity index (χ2v) is 5.17. The summed E-state index contributed by atoms with van der Waals surface area (Å²) in [6.07, 6.45) is -0.0221. The van der Waals surface area contributed by atoms with Gasteiger partial charge in [0.25, 0.3) is 0 Å². The number of benzene rings is 1. The molecule has 1 aliphatic rings. The van der Waals surface area contributed by atoms with Gasteiger partial charge in [-0.05, 0) is 33.3 Å². The molecule has 3 nitrogen and oxygen atoms in total. The van der Waals surface area contributed by atoms with Crippen LogP contribution in [0.15, 0.2) is 35.3 Å². The van der Waals surface area contributed by atoms with Crippen molar-refractivity contribution in [1.82, 2.24) is 0 Å². The van der Waals surface area contributed by atoms with Crippen molar-refractivity contribution in [3.8, 4) is 0 Å². The molecular weight excluding hydrogens is 226 g/mol. The lowest BCUT2D eigenvalue weighted by Crippen LogP contribution is -2.25. The summed E-state index contributed by atoms with van der Waals surface area (Å²) in [7, 11) is 0. The molecule has 1 saturated heterocycles. The molecule has 1 aromatic carbocycles. The molecular formula is C15H21NO2. The molecule has 0 spiro atoms. The first kappa shape index (κ1) is 13.2. The zero-order valence-corrected chi connectivity index (χ0v) is 11.5. The first-order chi connectivity index (χ1) is 8.48. The molecule has 0 bridgehead atoms. The standard InChI is InChI=1S/C15H21NO2/c1-11(13-8-6-5-7-9-13)16-12(2)14-10-17-15(3,4)18-14/h5-9,11,14H,10H2,1-4H3/t11-,14+/m0/s1. The van der Waals surface area contributed by atoms with E-state index in [4.69, 9.17) is 14.5 Å². The highest BCUT2D eigenvalue weighted by atomic mass is 16.7. The number of hydrogen-bond donors (Lipinski definition) is 0. The average Bonchev–Trinajstić information content (AvgIpc) is 2.71. The topological polar surface area (TPSA) is 30.8 Å². The van der Waals surface area contributed by atoms with Gasteiger partial charge in [-0.25, -0.2) is 0 Å². The Morgan fingerprint density at radius 3 is 2.56 bits per heavy atom. The summed E-state index contributed by atoms with van der Waals surface area (Å²) in [5, 5.41) is 0. The van der Waals surface area contributed by atoms with Crippen LogP contribution in [-0.2, 0) is 9.47 Å². The average molecular weight is 247 g/mol. The van der Waals surface area contributed by atoms with Crippen LogP contribution in [0.2, 0.25) is 0 Å². The summed E-state index contributed by atoms with van der Waals surface area (Å²) in [5.74, 6) is -0.489. The van der Waals surface area contributed by atoms with Crippen LogP contribution in [0.25, 0.3) is 0 Å². The van der Waals surface area contributed by atoms with E-state index in [1.54, 1.807) is 0 Å². The lowest BCUT2D eigenvalue weighted by molar-refractivity contribution is -0.131. The molecule has 18 heavy (non-hydrogen) atoms. The largest absolute Gasteiger partial charge is 0.347 e. The fraction of sp³-hybridized carbons (Fsp3) is 0.533. The highest BCUT2D eigenvalue weighted by Crippen LogP contribution is 2.24. The molecule has 1 heterocycles. The summed E-state index contributed by atoms with van der Waals surface area (Å²) >= 11 is 0. The Hall–Kier alpha value is -1.19. The summed E-state index contributed by atoms with van der Waals surface area (Å²) in [4.78, 5) is 4.71. The van der Waals surface area contributed by atoms with E-state index in [0.717, 1.165) is 5.71 Å². The zero-order chi connectivity index (χ0) is 13.2. The Morgan fingerprint density at radius 1 is 1.33 bits per heavy atom. The molecule has 3 heteroatoms. The molecule has 0 unspecified atom stereocenters. The molecule has 98 valence electrons. The third-order valence-corrected chi connectivity index (χ3v) is 3.15. The third-order valence-electron chi connectivity index (χ3n) is 3.15. The van der Waals surface area contributed by atoms with Gasteiger partial charge in [0.05, 0.1) is 12.6 Å². The van der Waals surface area contributed by atoms with Gasteiger partial charge in [0.1, 0.15) is 6.10 Å². The third kappa shape index (κ3) is 3.18. The van der Waals surface area contributed by atoms with Crippen LogP contribution >= 0.6 is 0 Å². The van der Waals surface area contributed by atoms with Crippen molar-refractivity contribution < 1.29 is 9.47 Å². The molecule has 1 aromatic rings. The molecule has 0 N–H and O–H groups in total. The Kier molecular flexibility index (Phi) is 3.83. The number of nitrogens with zero attached hydrogens (tertiary/aromatic N) is 1. The maximum atomic E-state index is 5.79. The molecule has 0 amide bonds. The summed E-state index contributed by atoms with van der Waals surface area (Å²) < 4.78 is 11.4. The Bertz CT molecular complexity index is 425. The van der Waals surface area contributed by atoms with Gasteiger partial charge >= 0.3 is 0 Å². The van der Waals surface area contributed by atoms with Crippen molar-refractivity contribution in [2.45, 2.75) is 45.6 Å². The fourth-order valence-electron chi connectivity index (χ4n) is 2.09. The molecule has 0 aliphatic carbocycles. The van der Waals surface area contributed by atoms with Gasteiger partial charge in [-0.1, -0.05) is 30.3 Å². The Balaban J connectivity index is 2.05. The van der Waals surface area contributed by atoms with Crippen molar-refractivity contribution in [2.24, 2.45) is 4.99 Å². The van der Waals surface area contributed by atoms with Gasteiger partial charge in [-0.2, -0.15) is 0 Å². The summed E-state index contributed by atoms with van der Waals surface area (Å²) in [6.45, 7) is 8.56. The second-order valence-electron chi connectivity index (χ2n) is 5.17. The van der Waals surface area contributed by atoms with Crippen molar-refractivity contribution in [2.75, 3.05) is 6.61 Å². The van der Waals surface area contributed by atoms with Crippen molar-refractivity contribution in [3.63, 3.8) is 0 Å². The van der Waals surface area contributed by atoms with Crippen LogP contribution in [-0.4, -0.2) is 24.2 Å². The summed E-state index contributed by atoms with van der Waals surface area (Å²) in [6, 6.07) is 10.4. The number of ether oxygens (including phenoxy) is 2. The van der Waals surface area contributed by atoms with Gasteiger partial charge in [0.15, 0.2) is 5.79 Å². The van der Waals surface area contributed by atoms with Crippen molar-refractivity contribution in [1.29, 1.82) is 0 Å². The van der Waals surface area contributed by atoms with E-state index in [-0.39, 0.29) is 12.1 Å². The monoisotopic (exact) mass is 247 g/mol. The minimum Gasteiger partial charge on any atom is -0.347 e. The maximum Gasteiger partial charge on any atom is 0.163 e. The van der Waals surface area contributed by atoms with Gasteiger partial charge in [0, 0.05) is 5.71 Å². The highest BCUT2D eigenvalue weighted by Gasteiger charge is 2.34. The van der Waals surface area contributed by atoms with Gasteiger partial charge in [-0.15, -0.1) is 0 Å². The lowest BCUT2D eigenvalue weighted by atomic mass is 10.1. The highest BCUT2D eigenvalue weighted by molar-refractivity contribution is 5.87. The van der Waals surface area contributed by atoms with Crippen LogP contribution < -0.4 is 0 Å². The Morgan fingerprint density at radius 2 is 2.00 bits per heavy atom. The van der Waals surface area contributed by atoms with E-state index in [0.29, 0.717) is 6.61 Å². The van der Waals surface area contributed by atoms with E-state index in [2.05, 4.69) is 19.1 Å². The molecule has 0 aromatic heterocycles. The minimum absolute atomic E-state index is 0.0221. The fourth-order valence-corrected chi connectivity index (χ4v) is 2.09. The van der Waals surface area contributed by atoms with Crippen LogP contribution in [0.1, 0.15) is 39.3 Å². The molecule has 1 aliphatic heterocycles. The van der Waals surface area contributed by atoms with Crippen LogP contribution in [0, 0.1) is 0 Å². The molecule has 0 radical (unpaired) electrons. The minimum atomic E-state index is -0.489. The maximum absolute atomic E-state index is 5.79. The van der Waals surface area contributed by atoms with Crippen LogP contribution in [0.3, 0.4) is 0 Å². The normalized spacial score (nSPS) is 25.1. The Labute approximate surface area is 109 Å². The predicted molar refractivity (Wildman–Crippen MR) is 72.9 cm³/mol. The van der Waals surface area contributed by atoms with E-state index < -0.39 is 5.79 Å². The van der Waals surface area contributed by atoms with E-state index in [9.17, 15) is 0 Å². The second kappa shape index (κ2) is 5.21. The molecule has 2 atom stereocenters. The van der Waals surface area contributed by atoms with Crippen LogP contribution in [0.4, 0.5) is 0 Å². The lowest BCUT2D eigenvalue weighted by Gasteiger charge is -2.17. The van der Waals surface area contributed by atoms with E-state index >= 15 is 0 Å².